The molecule has 0 radical (unpaired) electrons. The molecule has 0 saturated carbocycles. The van der Waals surface area contributed by atoms with Crippen LogP contribution in [0, 0.1) is 0 Å². The summed E-state index contributed by atoms with van der Waals surface area (Å²) in [6, 6.07) is 2.06. The SMILES string of the molecule is CCc1cncc(OC[C@H](C)N)c1. The third-order valence-electron chi connectivity index (χ3n) is 1.69. The van der Waals surface area contributed by atoms with Gasteiger partial charge in [-0.15, -0.1) is 0 Å². The molecule has 1 heterocycles. The zero-order valence-electron chi connectivity index (χ0n) is 8.16. The van der Waals surface area contributed by atoms with Crippen molar-refractivity contribution < 1.29 is 4.74 Å². The van der Waals surface area contributed by atoms with Crippen molar-refractivity contribution in [3.05, 3.63) is 24.0 Å². The van der Waals surface area contributed by atoms with Crippen molar-refractivity contribution in [2.75, 3.05) is 6.61 Å². The Balaban J connectivity index is 2.56. The van der Waals surface area contributed by atoms with Crippen molar-refractivity contribution in [1.82, 2.24) is 4.98 Å². The second-order valence-corrected chi connectivity index (χ2v) is 3.17. The molecule has 3 nitrogen and oxygen atoms in total. The Labute approximate surface area is 78.9 Å². The highest BCUT2D eigenvalue weighted by Crippen LogP contribution is 2.11. The van der Waals surface area contributed by atoms with Gasteiger partial charge in [0.15, 0.2) is 0 Å². The molecule has 0 saturated heterocycles. The van der Waals surface area contributed by atoms with E-state index in [9.17, 15) is 0 Å². The van der Waals surface area contributed by atoms with Crippen LogP contribution in [0.3, 0.4) is 0 Å². The summed E-state index contributed by atoms with van der Waals surface area (Å²) in [5.41, 5.74) is 6.75. The van der Waals surface area contributed by atoms with E-state index in [-0.39, 0.29) is 6.04 Å². The zero-order valence-corrected chi connectivity index (χ0v) is 8.16. The maximum Gasteiger partial charge on any atom is 0.137 e. The maximum atomic E-state index is 5.57. The fraction of sp³-hybridized carbons (Fsp3) is 0.500. The summed E-state index contributed by atoms with van der Waals surface area (Å²) >= 11 is 0. The highest BCUT2D eigenvalue weighted by Gasteiger charge is 1.98. The van der Waals surface area contributed by atoms with E-state index in [1.54, 1.807) is 6.20 Å². The van der Waals surface area contributed by atoms with Crippen molar-refractivity contribution in [1.29, 1.82) is 0 Å². The van der Waals surface area contributed by atoms with E-state index < -0.39 is 0 Å². The summed E-state index contributed by atoms with van der Waals surface area (Å²) in [4.78, 5) is 4.07. The van der Waals surface area contributed by atoms with Gasteiger partial charge in [-0.3, -0.25) is 4.98 Å². The molecule has 0 spiro atoms. The molecule has 0 aromatic carbocycles. The first-order valence-corrected chi connectivity index (χ1v) is 4.54. The fourth-order valence-electron chi connectivity index (χ4n) is 0.964. The molecular weight excluding hydrogens is 164 g/mol. The molecule has 3 heteroatoms. The van der Waals surface area contributed by atoms with Crippen LogP contribution < -0.4 is 10.5 Å². The van der Waals surface area contributed by atoms with Gasteiger partial charge >= 0.3 is 0 Å². The van der Waals surface area contributed by atoms with Gasteiger partial charge in [-0.25, -0.2) is 0 Å². The Morgan fingerprint density at radius 2 is 2.31 bits per heavy atom. The lowest BCUT2D eigenvalue weighted by Gasteiger charge is -2.08. The van der Waals surface area contributed by atoms with Gasteiger partial charge in [0.25, 0.3) is 0 Å². The minimum absolute atomic E-state index is 0.0604. The largest absolute Gasteiger partial charge is 0.490 e. The average Bonchev–Trinajstić information content (AvgIpc) is 2.15. The molecule has 1 aromatic rings. The Morgan fingerprint density at radius 3 is 2.92 bits per heavy atom. The summed E-state index contributed by atoms with van der Waals surface area (Å²) in [6.07, 6.45) is 4.53. The van der Waals surface area contributed by atoms with Gasteiger partial charge in [-0.2, -0.15) is 0 Å². The average molecular weight is 180 g/mol. The Hall–Kier alpha value is -1.09. The summed E-state index contributed by atoms with van der Waals surface area (Å²) in [5.74, 6) is 0.802. The predicted octanol–water partition coefficient (Wildman–Crippen LogP) is 1.37. The predicted molar refractivity (Wildman–Crippen MR) is 52.8 cm³/mol. The van der Waals surface area contributed by atoms with E-state index in [1.165, 1.54) is 5.56 Å². The smallest absolute Gasteiger partial charge is 0.137 e. The third kappa shape index (κ3) is 3.42. The molecule has 72 valence electrons. The van der Waals surface area contributed by atoms with Crippen LogP contribution in [0.15, 0.2) is 18.5 Å². The van der Waals surface area contributed by atoms with Crippen LogP contribution in [0.25, 0.3) is 0 Å². The summed E-state index contributed by atoms with van der Waals surface area (Å²) < 4.78 is 5.42. The molecule has 1 rings (SSSR count). The number of nitrogens with two attached hydrogens (primary N) is 1. The molecule has 0 aliphatic heterocycles. The van der Waals surface area contributed by atoms with Crippen molar-refractivity contribution >= 4 is 0 Å². The van der Waals surface area contributed by atoms with Gasteiger partial charge < -0.3 is 10.5 Å². The quantitative estimate of drug-likeness (QED) is 0.761. The second kappa shape index (κ2) is 4.82. The van der Waals surface area contributed by atoms with Gasteiger partial charge in [-0.1, -0.05) is 6.92 Å². The van der Waals surface area contributed by atoms with E-state index >= 15 is 0 Å². The number of ether oxygens (including phenoxy) is 1. The molecule has 0 aliphatic carbocycles. The van der Waals surface area contributed by atoms with E-state index in [4.69, 9.17) is 10.5 Å². The number of rotatable bonds is 4. The third-order valence-corrected chi connectivity index (χ3v) is 1.69. The normalized spacial score (nSPS) is 12.5. The summed E-state index contributed by atoms with van der Waals surface area (Å²) in [6.45, 7) is 4.54. The maximum absolute atomic E-state index is 5.57. The number of aromatic nitrogens is 1. The van der Waals surface area contributed by atoms with Crippen LogP contribution in [0.2, 0.25) is 0 Å². The van der Waals surface area contributed by atoms with Gasteiger partial charge in [0.1, 0.15) is 12.4 Å². The van der Waals surface area contributed by atoms with Gasteiger partial charge in [0.05, 0.1) is 6.20 Å². The topological polar surface area (TPSA) is 48.1 Å². The molecule has 0 aliphatic rings. The van der Waals surface area contributed by atoms with Gasteiger partial charge in [0, 0.05) is 12.2 Å². The van der Waals surface area contributed by atoms with Crippen molar-refractivity contribution in [3.8, 4) is 5.75 Å². The van der Waals surface area contributed by atoms with Gasteiger partial charge in [-0.05, 0) is 25.0 Å². The summed E-state index contributed by atoms with van der Waals surface area (Å²) in [7, 11) is 0. The zero-order chi connectivity index (χ0) is 9.68. The fourth-order valence-corrected chi connectivity index (χ4v) is 0.964. The molecule has 13 heavy (non-hydrogen) atoms. The molecule has 1 atom stereocenters. The first-order chi connectivity index (χ1) is 6.22. The summed E-state index contributed by atoms with van der Waals surface area (Å²) in [5, 5.41) is 0. The highest BCUT2D eigenvalue weighted by molar-refractivity contribution is 5.23. The van der Waals surface area contributed by atoms with E-state index in [2.05, 4.69) is 11.9 Å². The van der Waals surface area contributed by atoms with E-state index in [0.29, 0.717) is 6.61 Å². The van der Waals surface area contributed by atoms with Crippen LogP contribution in [-0.4, -0.2) is 17.6 Å². The minimum atomic E-state index is 0.0604. The van der Waals surface area contributed by atoms with Crippen LogP contribution in [-0.2, 0) is 6.42 Å². The van der Waals surface area contributed by atoms with E-state index in [1.807, 2.05) is 19.2 Å². The monoisotopic (exact) mass is 180 g/mol. The number of hydrogen-bond acceptors (Lipinski definition) is 3. The van der Waals surface area contributed by atoms with Gasteiger partial charge in [0.2, 0.25) is 0 Å². The number of nitrogens with zero attached hydrogens (tertiary/aromatic N) is 1. The van der Waals surface area contributed by atoms with Crippen LogP contribution >= 0.6 is 0 Å². The lowest BCUT2D eigenvalue weighted by atomic mass is 10.2. The second-order valence-electron chi connectivity index (χ2n) is 3.17. The first kappa shape index (κ1) is 9.99. The van der Waals surface area contributed by atoms with Crippen molar-refractivity contribution in [2.24, 2.45) is 5.73 Å². The lowest BCUT2D eigenvalue weighted by Crippen LogP contribution is -2.23. The number of aryl methyl sites for hydroxylation is 1. The highest BCUT2D eigenvalue weighted by atomic mass is 16.5. The standard InChI is InChI=1S/C10H16N2O/c1-3-9-4-10(6-12-5-9)13-7-8(2)11/h4-6,8H,3,7,11H2,1-2H3/t8-/m0/s1. The number of hydrogen-bond donors (Lipinski definition) is 1. The molecule has 1 aromatic heterocycles. The lowest BCUT2D eigenvalue weighted by molar-refractivity contribution is 0.295. The first-order valence-electron chi connectivity index (χ1n) is 4.54. The number of pyridine rings is 1. The minimum Gasteiger partial charge on any atom is -0.490 e. The molecule has 0 amide bonds. The van der Waals surface area contributed by atoms with Crippen LogP contribution in [0.5, 0.6) is 5.75 Å². The Bertz CT molecular complexity index is 261. The molecular formula is C10H16N2O. The van der Waals surface area contributed by atoms with Crippen LogP contribution in [0.4, 0.5) is 0 Å². The van der Waals surface area contributed by atoms with Crippen LogP contribution in [0.1, 0.15) is 19.4 Å². The Morgan fingerprint density at radius 1 is 1.54 bits per heavy atom. The molecule has 2 N–H and O–H groups in total. The van der Waals surface area contributed by atoms with Crippen molar-refractivity contribution in [2.45, 2.75) is 26.3 Å². The molecule has 0 bridgehead atoms. The van der Waals surface area contributed by atoms with Crippen molar-refractivity contribution in [3.63, 3.8) is 0 Å². The van der Waals surface area contributed by atoms with E-state index in [0.717, 1.165) is 12.2 Å². The molecule has 0 fully saturated rings. The molecule has 0 unspecified atom stereocenters. The Kier molecular flexibility index (Phi) is 3.71.